The Hall–Kier alpha value is -3.72. The standard InChI is InChI=1S/C24H24N4O5/c29-20-9-8-19(21(30)26-20)28-13-15-12-17(6-7-18(15)22(28)31)25-23(32)27-24(10-11-33-14-24)16-4-2-1-3-5-16/h1-7,12,19H,8-11,13-14H2,(H2,25,27,32)(H,26,29,30). The Morgan fingerprint density at radius 1 is 1.12 bits per heavy atom. The van der Waals surface area contributed by atoms with Crippen molar-refractivity contribution in [1.82, 2.24) is 15.5 Å². The van der Waals surface area contributed by atoms with E-state index in [1.54, 1.807) is 18.2 Å². The molecule has 3 aliphatic rings. The normalized spacial score (nSPS) is 24.4. The first kappa shape index (κ1) is 21.1. The quantitative estimate of drug-likeness (QED) is 0.618. The van der Waals surface area contributed by atoms with Crippen molar-refractivity contribution in [2.45, 2.75) is 37.4 Å². The number of nitrogens with zero attached hydrogens (tertiary/aromatic N) is 1. The van der Waals surface area contributed by atoms with Crippen LogP contribution in [0.4, 0.5) is 10.5 Å². The molecule has 3 aliphatic heterocycles. The molecule has 170 valence electrons. The van der Waals surface area contributed by atoms with E-state index in [4.69, 9.17) is 4.74 Å². The van der Waals surface area contributed by atoms with Crippen LogP contribution in [-0.4, -0.2) is 47.9 Å². The van der Waals surface area contributed by atoms with E-state index in [1.807, 2.05) is 30.3 Å². The van der Waals surface area contributed by atoms with Gasteiger partial charge in [0.05, 0.1) is 12.1 Å². The van der Waals surface area contributed by atoms with Crippen LogP contribution in [0.2, 0.25) is 0 Å². The molecule has 0 aliphatic carbocycles. The molecule has 2 unspecified atom stereocenters. The highest BCUT2D eigenvalue weighted by molar-refractivity contribution is 6.05. The van der Waals surface area contributed by atoms with Gasteiger partial charge in [0.2, 0.25) is 11.8 Å². The second-order valence-corrected chi connectivity index (χ2v) is 8.60. The molecule has 3 N–H and O–H groups in total. The van der Waals surface area contributed by atoms with Gasteiger partial charge in [-0.3, -0.25) is 19.7 Å². The van der Waals surface area contributed by atoms with Crippen LogP contribution >= 0.6 is 0 Å². The van der Waals surface area contributed by atoms with Gasteiger partial charge in [-0.05, 0) is 35.7 Å². The molecular formula is C24H24N4O5. The van der Waals surface area contributed by atoms with Gasteiger partial charge in [-0.1, -0.05) is 30.3 Å². The number of hydrogen-bond donors (Lipinski definition) is 3. The first-order valence-corrected chi connectivity index (χ1v) is 11.0. The van der Waals surface area contributed by atoms with E-state index in [0.29, 0.717) is 37.3 Å². The van der Waals surface area contributed by atoms with Crippen molar-refractivity contribution < 1.29 is 23.9 Å². The summed E-state index contributed by atoms with van der Waals surface area (Å²) in [4.78, 5) is 50.8. The first-order chi connectivity index (χ1) is 15.9. The number of ether oxygens (including phenoxy) is 1. The third-order valence-corrected chi connectivity index (χ3v) is 6.48. The van der Waals surface area contributed by atoms with Gasteiger partial charge in [0, 0.05) is 37.2 Å². The van der Waals surface area contributed by atoms with E-state index >= 15 is 0 Å². The predicted molar refractivity (Wildman–Crippen MR) is 118 cm³/mol. The van der Waals surface area contributed by atoms with E-state index in [9.17, 15) is 19.2 Å². The number of nitrogens with one attached hydrogen (secondary N) is 3. The molecule has 3 heterocycles. The van der Waals surface area contributed by atoms with Crippen LogP contribution in [0.3, 0.4) is 0 Å². The summed E-state index contributed by atoms with van der Waals surface area (Å²) in [7, 11) is 0. The molecule has 0 radical (unpaired) electrons. The molecule has 2 aromatic rings. The first-order valence-electron chi connectivity index (χ1n) is 11.0. The lowest BCUT2D eigenvalue weighted by molar-refractivity contribution is -0.136. The van der Waals surface area contributed by atoms with Gasteiger partial charge >= 0.3 is 6.03 Å². The van der Waals surface area contributed by atoms with Crippen LogP contribution < -0.4 is 16.0 Å². The molecule has 5 rings (SSSR count). The Morgan fingerprint density at radius 2 is 1.94 bits per heavy atom. The third-order valence-electron chi connectivity index (χ3n) is 6.48. The summed E-state index contributed by atoms with van der Waals surface area (Å²) in [6.07, 6.45) is 1.18. The number of piperidine rings is 1. The van der Waals surface area contributed by atoms with Crippen molar-refractivity contribution in [3.63, 3.8) is 0 Å². The van der Waals surface area contributed by atoms with Gasteiger partial charge in [-0.2, -0.15) is 0 Å². The summed E-state index contributed by atoms with van der Waals surface area (Å²) < 4.78 is 5.58. The number of imide groups is 1. The molecule has 2 aromatic carbocycles. The molecule has 9 heteroatoms. The number of hydrogen-bond acceptors (Lipinski definition) is 5. The molecule has 0 spiro atoms. The van der Waals surface area contributed by atoms with Crippen molar-refractivity contribution in [2.75, 3.05) is 18.5 Å². The van der Waals surface area contributed by atoms with Crippen molar-refractivity contribution >= 4 is 29.4 Å². The fourth-order valence-corrected chi connectivity index (χ4v) is 4.75. The molecule has 33 heavy (non-hydrogen) atoms. The molecular weight excluding hydrogens is 424 g/mol. The average molecular weight is 448 g/mol. The van der Waals surface area contributed by atoms with E-state index in [2.05, 4.69) is 16.0 Å². The summed E-state index contributed by atoms with van der Waals surface area (Å²) >= 11 is 0. The van der Waals surface area contributed by atoms with Crippen LogP contribution in [0.15, 0.2) is 48.5 Å². The van der Waals surface area contributed by atoms with E-state index < -0.39 is 17.5 Å². The monoisotopic (exact) mass is 448 g/mol. The number of fused-ring (bicyclic) bond motifs is 1. The number of anilines is 1. The fourth-order valence-electron chi connectivity index (χ4n) is 4.75. The summed E-state index contributed by atoms with van der Waals surface area (Å²) in [5.74, 6) is -1.02. The van der Waals surface area contributed by atoms with Crippen LogP contribution in [0, 0.1) is 0 Å². The zero-order chi connectivity index (χ0) is 23.0. The highest BCUT2D eigenvalue weighted by Crippen LogP contribution is 2.32. The molecule has 0 bridgehead atoms. The molecule has 0 saturated carbocycles. The second kappa shape index (κ2) is 8.32. The number of urea groups is 1. The summed E-state index contributed by atoms with van der Waals surface area (Å²) in [6.45, 7) is 1.20. The number of amides is 5. The fraction of sp³-hybridized carbons (Fsp3) is 0.333. The van der Waals surface area contributed by atoms with Crippen LogP contribution in [0.1, 0.15) is 40.7 Å². The maximum atomic E-state index is 12.9. The van der Waals surface area contributed by atoms with Crippen LogP contribution in [0.25, 0.3) is 0 Å². The Labute approximate surface area is 190 Å². The van der Waals surface area contributed by atoms with Gasteiger partial charge in [0.1, 0.15) is 6.04 Å². The van der Waals surface area contributed by atoms with Crippen LogP contribution in [0.5, 0.6) is 0 Å². The Morgan fingerprint density at radius 3 is 2.67 bits per heavy atom. The van der Waals surface area contributed by atoms with E-state index in [0.717, 1.165) is 11.1 Å². The predicted octanol–water partition coefficient (Wildman–Crippen LogP) is 1.88. The minimum atomic E-state index is -0.671. The summed E-state index contributed by atoms with van der Waals surface area (Å²) in [5.41, 5.74) is 2.16. The molecule has 0 aromatic heterocycles. The minimum Gasteiger partial charge on any atom is -0.379 e. The maximum absolute atomic E-state index is 12.9. The average Bonchev–Trinajstić information content (AvgIpc) is 3.40. The number of rotatable bonds is 4. The maximum Gasteiger partial charge on any atom is 0.320 e. The zero-order valence-electron chi connectivity index (χ0n) is 17.9. The highest BCUT2D eigenvalue weighted by Gasteiger charge is 2.40. The van der Waals surface area contributed by atoms with Gasteiger partial charge in [-0.15, -0.1) is 0 Å². The molecule has 9 nitrogen and oxygen atoms in total. The Kier molecular flexibility index (Phi) is 5.33. The topological polar surface area (TPSA) is 117 Å². The largest absolute Gasteiger partial charge is 0.379 e. The van der Waals surface area contributed by atoms with Crippen molar-refractivity contribution in [3.05, 3.63) is 65.2 Å². The summed E-state index contributed by atoms with van der Waals surface area (Å²) in [5, 5.41) is 8.22. The number of carbonyl (C=O) groups is 4. The highest BCUT2D eigenvalue weighted by atomic mass is 16.5. The Bertz CT molecular complexity index is 1130. The van der Waals surface area contributed by atoms with Gasteiger partial charge < -0.3 is 20.3 Å². The third kappa shape index (κ3) is 3.95. The molecule has 2 atom stereocenters. The lowest BCUT2D eigenvalue weighted by Gasteiger charge is -2.29. The minimum absolute atomic E-state index is 0.205. The van der Waals surface area contributed by atoms with E-state index in [-0.39, 0.29) is 30.8 Å². The van der Waals surface area contributed by atoms with Gasteiger partial charge in [0.15, 0.2) is 0 Å². The number of carbonyl (C=O) groups excluding carboxylic acids is 4. The SMILES string of the molecule is O=C1CCC(N2Cc3cc(NC(=O)NC4(c5ccccc5)CCOC4)ccc3C2=O)C(=O)N1. The van der Waals surface area contributed by atoms with Crippen molar-refractivity contribution in [1.29, 1.82) is 0 Å². The molecule has 2 fully saturated rings. The number of benzene rings is 2. The smallest absolute Gasteiger partial charge is 0.320 e. The van der Waals surface area contributed by atoms with Crippen molar-refractivity contribution in [3.8, 4) is 0 Å². The van der Waals surface area contributed by atoms with E-state index in [1.165, 1.54) is 4.90 Å². The zero-order valence-corrected chi connectivity index (χ0v) is 17.9. The lowest BCUT2D eigenvalue weighted by Crippen LogP contribution is -2.52. The Balaban J connectivity index is 1.29. The molecule has 2 saturated heterocycles. The van der Waals surface area contributed by atoms with Gasteiger partial charge in [0.25, 0.3) is 5.91 Å². The lowest BCUT2D eigenvalue weighted by atomic mass is 9.89. The van der Waals surface area contributed by atoms with Crippen molar-refractivity contribution in [2.24, 2.45) is 0 Å². The van der Waals surface area contributed by atoms with Gasteiger partial charge in [-0.25, -0.2) is 4.79 Å². The van der Waals surface area contributed by atoms with Crippen LogP contribution in [-0.2, 0) is 26.4 Å². The summed E-state index contributed by atoms with van der Waals surface area (Å²) in [6, 6.07) is 13.8. The molecule has 5 amide bonds. The second-order valence-electron chi connectivity index (χ2n) is 8.60.